The van der Waals surface area contributed by atoms with Gasteiger partial charge in [-0.15, -0.1) is 0 Å². The monoisotopic (exact) mass is 522 g/mol. The van der Waals surface area contributed by atoms with Gasteiger partial charge in [-0.2, -0.15) is 23.5 Å². The number of hydrogen-bond acceptors (Lipinski definition) is 9. The number of carbonyl (C=O) groups excluding carboxylic acids is 5. The molecule has 0 saturated carbocycles. The highest BCUT2D eigenvalue weighted by Crippen LogP contribution is 2.06. The zero-order valence-electron chi connectivity index (χ0n) is 19.2. The first-order valence-electron chi connectivity index (χ1n) is 10.4. The lowest BCUT2D eigenvalue weighted by atomic mass is 10.1. The van der Waals surface area contributed by atoms with E-state index in [4.69, 9.17) is 17.2 Å². The third-order valence-electron chi connectivity index (χ3n) is 4.55. The normalized spacial score (nSPS) is 14.2. The minimum absolute atomic E-state index is 0.230. The van der Waals surface area contributed by atoms with Crippen LogP contribution in [0.5, 0.6) is 0 Å². The fraction of sp³-hybridized carbons (Fsp3) is 0.684. The lowest BCUT2D eigenvalue weighted by Crippen LogP contribution is -2.57. The quantitative estimate of drug-likeness (QED) is 0.0998. The van der Waals surface area contributed by atoms with Gasteiger partial charge < -0.3 is 38.3 Å². The first-order chi connectivity index (χ1) is 15.9. The van der Waals surface area contributed by atoms with Crippen LogP contribution in [0.15, 0.2) is 0 Å². The Morgan fingerprint density at radius 2 is 1.21 bits per heavy atom. The van der Waals surface area contributed by atoms with Crippen LogP contribution in [0, 0.1) is 0 Å². The van der Waals surface area contributed by atoms with Crippen molar-refractivity contribution in [2.24, 2.45) is 17.2 Å². The summed E-state index contributed by atoms with van der Waals surface area (Å²) < 4.78 is 0. The fourth-order valence-corrected chi connectivity index (χ4v) is 3.62. The lowest BCUT2D eigenvalue weighted by Gasteiger charge is -2.25. The Morgan fingerprint density at radius 3 is 1.68 bits per heavy atom. The lowest BCUT2D eigenvalue weighted by molar-refractivity contribution is -0.144. The van der Waals surface area contributed by atoms with Crippen molar-refractivity contribution in [3.63, 3.8) is 0 Å². The van der Waals surface area contributed by atoms with E-state index in [-0.39, 0.29) is 19.3 Å². The van der Waals surface area contributed by atoms with Crippen LogP contribution in [0.2, 0.25) is 0 Å². The molecule has 10 N–H and O–H groups in total. The van der Waals surface area contributed by atoms with E-state index in [1.54, 1.807) is 0 Å². The Balaban J connectivity index is 5.50. The van der Waals surface area contributed by atoms with E-state index in [2.05, 4.69) is 16.0 Å². The summed E-state index contributed by atoms with van der Waals surface area (Å²) in [5.41, 5.74) is 16.0. The second-order valence-corrected chi connectivity index (χ2v) is 9.34. The average Bonchev–Trinajstić information content (AvgIpc) is 2.76. The molecule has 0 aliphatic rings. The number of primary amides is 2. The highest BCUT2D eigenvalue weighted by atomic mass is 32.2. The van der Waals surface area contributed by atoms with Gasteiger partial charge in [0.2, 0.25) is 29.5 Å². The van der Waals surface area contributed by atoms with Gasteiger partial charge in [0.15, 0.2) is 0 Å². The number of carboxylic acids is 1. The van der Waals surface area contributed by atoms with Crippen LogP contribution in [-0.4, -0.2) is 88.8 Å². The number of carbonyl (C=O) groups is 6. The number of aliphatic carboxylic acids is 1. The molecule has 4 unspecified atom stereocenters. The molecule has 0 heterocycles. The van der Waals surface area contributed by atoms with Crippen LogP contribution in [0.4, 0.5) is 0 Å². The molecular weight excluding hydrogens is 488 g/mol. The molecule has 0 spiro atoms. The Morgan fingerprint density at radius 1 is 0.735 bits per heavy atom. The maximum atomic E-state index is 12.9. The Kier molecular flexibility index (Phi) is 15.7. The van der Waals surface area contributed by atoms with Gasteiger partial charge in [0, 0.05) is 6.42 Å². The average molecular weight is 523 g/mol. The van der Waals surface area contributed by atoms with E-state index in [0.717, 1.165) is 0 Å². The first-order valence-corrected chi connectivity index (χ1v) is 13.2. The molecular formula is C19H34N6O7S2. The van der Waals surface area contributed by atoms with Gasteiger partial charge in [-0.1, -0.05) is 0 Å². The van der Waals surface area contributed by atoms with Gasteiger partial charge >= 0.3 is 5.97 Å². The molecule has 0 aliphatic heterocycles. The molecule has 0 aliphatic carbocycles. The van der Waals surface area contributed by atoms with Crippen LogP contribution in [0.25, 0.3) is 0 Å². The standard InChI is InChI=1S/C19H34N6O7S2/c1-33-7-5-10(20)16(28)23-12(6-8-34-2)18(30)24-11(3-4-14(21)26)17(29)25-13(19(31)32)9-15(22)27/h10-13H,3-9,20H2,1-2H3,(H2,21,26)(H2,22,27)(H,23,28)(H,24,30)(H,25,29)(H,31,32). The summed E-state index contributed by atoms with van der Waals surface area (Å²) in [6.45, 7) is 0. The van der Waals surface area contributed by atoms with Gasteiger partial charge in [0.05, 0.1) is 12.5 Å². The fourth-order valence-electron chi connectivity index (χ4n) is 2.66. The van der Waals surface area contributed by atoms with Crippen molar-refractivity contribution in [3.05, 3.63) is 0 Å². The van der Waals surface area contributed by atoms with E-state index in [9.17, 15) is 33.9 Å². The molecule has 34 heavy (non-hydrogen) atoms. The van der Waals surface area contributed by atoms with E-state index >= 15 is 0 Å². The predicted octanol–water partition coefficient (Wildman–Crippen LogP) is -2.50. The first kappa shape index (κ1) is 31.5. The van der Waals surface area contributed by atoms with Crippen molar-refractivity contribution in [2.45, 2.75) is 56.3 Å². The van der Waals surface area contributed by atoms with Crippen molar-refractivity contribution in [3.8, 4) is 0 Å². The minimum Gasteiger partial charge on any atom is -0.480 e. The minimum atomic E-state index is -1.63. The number of carboxylic acid groups (broad SMARTS) is 1. The summed E-state index contributed by atoms with van der Waals surface area (Å²) in [6.07, 6.45) is 3.14. The summed E-state index contributed by atoms with van der Waals surface area (Å²) >= 11 is 2.96. The highest BCUT2D eigenvalue weighted by molar-refractivity contribution is 7.98. The van der Waals surface area contributed by atoms with Gasteiger partial charge in [0.25, 0.3) is 0 Å². The van der Waals surface area contributed by atoms with Crippen LogP contribution < -0.4 is 33.2 Å². The maximum absolute atomic E-state index is 12.9. The summed E-state index contributed by atoms with van der Waals surface area (Å²) in [7, 11) is 0. The third-order valence-corrected chi connectivity index (χ3v) is 5.83. The summed E-state index contributed by atoms with van der Waals surface area (Å²) in [5.74, 6) is -4.23. The van der Waals surface area contributed by atoms with Crippen molar-refractivity contribution < 1.29 is 33.9 Å². The molecule has 15 heteroatoms. The van der Waals surface area contributed by atoms with Crippen LogP contribution in [-0.2, 0) is 28.8 Å². The third kappa shape index (κ3) is 13.3. The topological polar surface area (TPSA) is 237 Å². The van der Waals surface area contributed by atoms with Crippen molar-refractivity contribution in [1.29, 1.82) is 0 Å². The van der Waals surface area contributed by atoms with Crippen molar-refractivity contribution in [1.82, 2.24) is 16.0 Å². The summed E-state index contributed by atoms with van der Waals surface area (Å²) in [5, 5.41) is 16.3. The second kappa shape index (κ2) is 17.0. The smallest absolute Gasteiger partial charge is 0.326 e. The highest BCUT2D eigenvalue weighted by Gasteiger charge is 2.30. The molecule has 0 bridgehead atoms. The molecule has 0 aromatic rings. The van der Waals surface area contributed by atoms with Gasteiger partial charge in [0.1, 0.15) is 18.1 Å². The molecule has 5 amide bonds. The van der Waals surface area contributed by atoms with E-state index in [0.29, 0.717) is 17.9 Å². The van der Waals surface area contributed by atoms with Gasteiger partial charge in [-0.25, -0.2) is 4.79 Å². The molecule has 0 saturated heterocycles. The second-order valence-electron chi connectivity index (χ2n) is 7.37. The molecule has 0 fully saturated rings. The Labute approximate surface area is 206 Å². The van der Waals surface area contributed by atoms with Gasteiger partial charge in [-0.3, -0.25) is 24.0 Å². The number of nitrogens with two attached hydrogens (primary N) is 3. The molecule has 0 rings (SSSR count). The Hall–Kier alpha value is -2.52. The van der Waals surface area contributed by atoms with Crippen molar-refractivity contribution >= 4 is 59.0 Å². The van der Waals surface area contributed by atoms with Crippen LogP contribution >= 0.6 is 23.5 Å². The van der Waals surface area contributed by atoms with Crippen LogP contribution in [0.3, 0.4) is 0 Å². The zero-order chi connectivity index (χ0) is 26.3. The molecule has 0 aromatic heterocycles. The largest absolute Gasteiger partial charge is 0.480 e. The number of nitrogens with one attached hydrogen (secondary N) is 3. The number of hydrogen-bond donors (Lipinski definition) is 7. The van der Waals surface area contributed by atoms with Crippen molar-refractivity contribution in [2.75, 3.05) is 24.0 Å². The summed E-state index contributed by atoms with van der Waals surface area (Å²) in [4.78, 5) is 71.6. The predicted molar refractivity (Wildman–Crippen MR) is 130 cm³/mol. The molecule has 0 radical (unpaired) electrons. The number of thioether (sulfide) groups is 2. The maximum Gasteiger partial charge on any atom is 0.326 e. The molecule has 4 atom stereocenters. The molecule has 0 aromatic carbocycles. The Bertz CT molecular complexity index is 740. The number of rotatable bonds is 18. The van der Waals surface area contributed by atoms with Gasteiger partial charge in [-0.05, 0) is 43.3 Å². The molecule has 194 valence electrons. The molecule has 13 nitrogen and oxygen atoms in total. The van der Waals surface area contributed by atoms with E-state index in [1.165, 1.54) is 23.5 Å². The summed E-state index contributed by atoms with van der Waals surface area (Å²) in [6, 6.07) is -4.82. The van der Waals surface area contributed by atoms with Crippen LogP contribution in [0.1, 0.15) is 32.1 Å². The van der Waals surface area contributed by atoms with E-state index < -0.39 is 66.1 Å². The zero-order valence-corrected chi connectivity index (χ0v) is 20.8. The SMILES string of the molecule is CSCCC(N)C(=O)NC(CCSC)C(=O)NC(CCC(N)=O)C(=O)NC(CC(N)=O)C(=O)O. The number of amides is 5. The van der Waals surface area contributed by atoms with E-state index in [1.807, 2.05) is 12.5 Å².